The summed E-state index contributed by atoms with van der Waals surface area (Å²) in [5, 5.41) is 19.7. The van der Waals surface area contributed by atoms with E-state index in [2.05, 4.69) is 0 Å². The number of aromatic nitrogens is 1. The van der Waals surface area contributed by atoms with E-state index in [4.69, 9.17) is 23.2 Å². The molecule has 0 aliphatic heterocycles. The van der Waals surface area contributed by atoms with Crippen LogP contribution in [0.4, 0.5) is 0 Å². The van der Waals surface area contributed by atoms with Crippen LogP contribution in [0.15, 0.2) is 41.2 Å². The molecule has 3 aromatic rings. The largest absolute Gasteiger partial charge is 0.273 e. The zero-order chi connectivity index (χ0) is 20.4. The van der Waals surface area contributed by atoms with Crippen molar-refractivity contribution in [3.8, 4) is 17.8 Å². The van der Waals surface area contributed by atoms with Gasteiger partial charge in [0.1, 0.15) is 16.8 Å². The smallest absolute Gasteiger partial charge is 0.267 e. The topological polar surface area (TPSA) is 69.6 Å². The van der Waals surface area contributed by atoms with Crippen LogP contribution in [0.2, 0.25) is 10.0 Å². The van der Waals surface area contributed by atoms with E-state index in [1.807, 2.05) is 44.2 Å². The third-order valence-electron chi connectivity index (χ3n) is 4.17. The van der Waals surface area contributed by atoms with Crippen molar-refractivity contribution >= 4 is 46.2 Å². The molecule has 1 heterocycles. The highest BCUT2D eigenvalue weighted by atomic mass is 35.5. The van der Waals surface area contributed by atoms with Crippen LogP contribution in [0.3, 0.4) is 0 Å². The highest BCUT2D eigenvalue weighted by molar-refractivity contribution is 7.07. The SMILES string of the molecule is Cc1cccc(C)c1-n1c(=C(C#N)C#N)sc(=Cc2ccc(Cl)cc2Cl)c1=O. The molecule has 3 rings (SSSR count). The first-order chi connectivity index (χ1) is 13.4. The van der Waals surface area contributed by atoms with E-state index in [9.17, 15) is 15.3 Å². The van der Waals surface area contributed by atoms with Gasteiger partial charge in [-0.2, -0.15) is 10.5 Å². The van der Waals surface area contributed by atoms with E-state index in [1.165, 1.54) is 4.57 Å². The van der Waals surface area contributed by atoms with Gasteiger partial charge in [-0.15, -0.1) is 11.3 Å². The maximum Gasteiger partial charge on any atom is 0.273 e. The number of hydrogen-bond donors (Lipinski definition) is 0. The molecule has 7 heteroatoms. The summed E-state index contributed by atoms with van der Waals surface area (Å²) in [6, 6.07) is 14.4. The summed E-state index contributed by atoms with van der Waals surface area (Å²) in [6.45, 7) is 3.77. The Morgan fingerprint density at radius 1 is 1.11 bits per heavy atom. The summed E-state index contributed by atoms with van der Waals surface area (Å²) in [4.78, 5) is 13.3. The summed E-state index contributed by atoms with van der Waals surface area (Å²) in [5.74, 6) is 0. The number of aryl methyl sites for hydroxylation is 2. The minimum absolute atomic E-state index is 0.119. The number of para-hydroxylation sites is 1. The number of nitrogens with zero attached hydrogens (tertiary/aromatic N) is 3. The quantitative estimate of drug-likeness (QED) is 0.625. The van der Waals surface area contributed by atoms with Gasteiger partial charge in [0.15, 0.2) is 5.57 Å². The Hall–Kier alpha value is -2.83. The summed E-state index contributed by atoms with van der Waals surface area (Å²) >= 11 is 13.3. The number of halogens is 2. The van der Waals surface area contributed by atoms with E-state index in [1.54, 1.807) is 24.3 Å². The van der Waals surface area contributed by atoms with Gasteiger partial charge in [-0.1, -0.05) is 47.5 Å². The van der Waals surface area contributed by atoms with Crippen LogP contribution in [0.1, 0.15) is 16.7 Å². The van der Waals surface area contributed by atoms with Gasteiger partial charge >= 0.3 is 0 Å². The first-order valence-corrected chi connectivity index (χ1v) is 9.74. The van der Waals surface area contributed by atoms with Crippen molar-refractivity contribution in [1.29, 1.82) is 10.5 Å². The Morgan fingerprint density at radius 3 is 2.32 bits per heavy atom. The highest BCUT2D eigenvalue weighted by Gasteiger charge is 2.15. The standard InChI is InChI=1S/C21H13Cl2N3OS/c1-12-4-3-5-13(2)19(12)26-20(27)18(28-21(26)15(10-24)11-25)8-14-6-7-16(22)9-17(14)23/h3-9H,1-2H3. The summed E-state index contributed by atoms with van der Waals surface area (Å²) in [5.41, 5.74) is 2.60. The molecule has 0 N–H and O–H groups in total. The van der Waals surface area contributed by atoms with Crippen molar-refractivity contribution in [3.63, 3.8) is 0 Å². The van der Waals surface area contributed by atoms with Crippen molar-refractivity contribution < 1.29 is 0 Å². The van der Waals surface area contributed by atoms with Crippen LogP contribution in [-0.4, -0.2) is 4.57 Å². The molecule has 0 saturated carbocycles. The maximum atomic E-state index is 13.3. The molecule has 0 amide bonds. The van der Waals surface area contributed by atoms with Gasteiger partial charge in [-0.3, -0.25) is 9.36 Å². The molecule has 0 spiro atoms. The number of rotatable bonds is 2. The lowest BCUT2D eigenvalue weighted by Gasteiger charge is -2.10. The lowest BCUT2D eigenvalue weighted by molar-refractivity contribution is 0.962. The van der Waals surface area contributed by atoms with Crippen molar-refractivity contribution in [2.45, 2.75) is 13.8 Å². The van der Waals surface area contributed by atoms with Crippen LogP contribution in [0, 0.1) is 36.5 Å². The van der Waals surface area contributed by atoms with E-state index < -0.39 is 0 Å². The average Bonchev–Trinajstić information content (AvgIpc) is 2.95. The Morgan fingerprint density at radius 2 is 1.75 bits per heavy atom. The lowest BCUT2D eigenvalue weighted by atomic mass is 10.1. The number of hydrogen-bond acceptors (Lipinski definition) is 4. The molecule has 0 unspecified atom stereocenters. The monoisotopic (exact) mass is 425 g/mol. The summed E-state index contributed by atoms with van der Waals surface area (Å²) in [6.07, 6.45) is 1.64. The fourth-order valence-electron chi connectivity index (χ4n) is 2.89. The number of nitriles is 2. The van der Waals surface area contributed by atoms with Gasteiger partial charge in [-0.25, -0.2) is 0 Å². The molecule has 0 saturated heterocycles. The van der Waals surface area contributed by atoms with Crippen molar-refractivity contribution in [2.75, 3.05) is 0 Å². The Balaban J connectivity index is 2.47. The van der Waals surface area contributed by atoms with Crippen LogP contribution < -0.4 is 14.8 Å². The van der Waals surface area contributed by atoms with Gasteiger partial charge in [-0.05, 0) is 48.7 Å². The van der Waals surface area contributed by atoms with E-state index in [0.29, 0.717) is 30.5 Å². The molecule has 0 atom stereocenters. The molecule has 0 fully saturated rings. The van der Waals surface area contributed by atoms with E-state index >= 15 is 0 Å². The normalized spacial score (nSPS) is 11.1. The molecular formula is C21H13Cl2N3OS. The van der Waals surface area contributed by atoms with Crippen LogP contribution >= 0.6 is 34.5 Å². The van der Waals surface area contributed by atoms with Crippen LogP contribution in [0.25, 0.3) is 17.3 Å². The van der Waals surface area contributed by atoms with Crippen LogP contribution in [-0.2, 0) is 0 Å². The fraction of sp³-hybridized carbons (Fsp3) is 0.0952. The molecular weight excluding hydrogens is 413 g/mol. The number of benzene rings is 2. The first-order valence-electron chi connectivity index (χ1n) is 8.17. The lowest BCUT2D eigenvalue weighted by Crippen LogP contribution is -2.31. The second-order valence-electron chi connectivity index (χ2n) is 6.06. The Labute approximate surface area is 175 Å². The average molecular weight is 426 g/mol. The minimum atomic E-state index is -0.314. The van der Waals surface area contributed by atoms with Gasteiger partial charge in [0.2, 0.25) is 0 Å². The second kappa shape index (κ2) is 8.04. The second-order valence-corrected chi connectivity index (χ2v) is 7.94. The summed E-state index contributed by atoms with van der Waals surface area (Å²) in [7, 11) is 0. The molecule has 138 valence electrons. The predicted molar refractivity (Wildman–Crippen MR) is 113 cm³/mol. The third-order valence-corrected chi connectivity index (χ3v) is 5.83. The van der Waals surface area contributed by atoms with Crippen molar-refractivity contribution in [1.82, 2.24) is 4.57 Å². The minimum Gasteiger partial charge on any atom is -0.267 e. The van der Waals surface area contributed by atoms with Gasteiger partial charge in [0.05, 0.1) is 10.2 Å². The van der Waals surface area contributed by atoms with Gasteiger partial charge in [0.25, 0.3) is 5.56 Å². The Bertz CT molecular complexity index is 1320. The highest BCUT2D eigenvalue weighted by Crippen LogP contribution is 2.21. The summed E-state index contributed by atoms with van der Waals surface area (Å²) < 4.78 is 2.10. The van der Waals surface area contributed by atoms with E-state index in [0.717, 1.165) is 22.5 Å². The van der Waals surface area contributed by atoms with E-state index in [-0.39, 0.29) is 11.1 Å². The zero-order valence-corrected chi connectivity index (χ0v) is 17.3. The van der Waals surface area contributed by atoms with Crippen molar-refractivity contribution in [3.05, 3.63) is 82.7 Å². The fourth-order valence-corrected chi connectivity index (χ4v) is 4.39. The maximum absolute atomic E-state index is 13.3. The van der Waals surface area contributed by atoms with Gasteiger partial charge < -0.3 is 0 Å². The number of thiazole rings is 1. The van der Waals surface area contributed by atoms with Gasteiger partial charge in [0, 0.05) is 10.0 Å². The molecule has 28 heavy (non-hydrogen) atoms. The first kappa shape index (κ1) is 19.9. The predicted octanol–water partition coefficient (Wildman–Crippen LogP) is 3.85. The molecule has 0 aliphatic carbocycles. The third kappa shape index (κ3) is 3.61. The molecule has 4 nitrogen and oxygen atoms in total. The van der Waals surface area contributed by atoms with Crippen LogP contribution in [0.5, 0.6) is 0 Å². The molecule has 0 aliphatic rings. The molecule has 1 aromatic heterocycles. The molecule has 0 radical (unpaired) electrons. The van der Waals surface area contributed by atoms with Crippen molar-refractivity contribution in [2.24, 2.45) is 0 Å². The zero-order valence-electron chi connectivity index (χ0n) is 15.0. The Kier molecular flexibility index (Phi) is 5.72. The molecule has 0 bridgehead atoms. The molecule has 2 aromatic carbocycles.